The molecule has 0 unspecified atom stereocenters. The molecule has 3 rings (SSSR count). The Morgan fingerprint density at radius 3 is 2.60 bits per heavy atom. The van der Waals surface area contributed by atoms with Crippen LogP contribution in [0.3, 0.4) is 0 Å². The molecule has 3 heteroatoms. The van der Waals surface area contributed by atoms with Gasteiger partial charge in [0.2, 0.25) is 0 Å². The van der Waals surface area contributed by atoms with E-state index in [2.05, 4.69) is 29.8 Å². The minimum atomic E-state index is 0.173. The quantitative estimate of drug-likeness (QED) is 0.776. The average molecular weight is 267 g/mol. The lowest BCUT2D eigenvalue weighted by Crippen LogP contribution is -1.95. The second-order valence-electron chi connectivity index (χ2n) is 4.71. The Bertz CT molecular complexity index is 731. The van der Waals surface area contributed by atoms with Crippen molar-refractivity contribution in [1.29, 1.82) is 0 Å². The van der Waals surface area contributed by atoms with Gasteiger partial charge in [0.1, 0.15) is 6.61 Å². The van der Waals surface area contributed by atoms with E-state index in [-0.39, 0.29) is 5.75 Å². The lowest BCUT2D eigenvalue weighted by molar-refractivity contribution is 0.290. The van der Waals surface area contributed by atoms with Crippen molar-refractivity contribution < 1.29 is 9.84 Å². The van der Waals surface area contributed by atoms with Crippen LogP contribution in [0.25, 0.3) is 10.9 Å². The van der Waals surface area contributed by atoms with Crippen LogP contribution in [0.4, 0.5) is 0 Å². The van der Waals surface area contributed by atoms with Gasteiger partial charge in [0.25, 0.3) is 0 Å². The third-order valence-electron chi connectivity index (χ3n) is 3.46. The van der Waals surface area contributed by atoms with Gasteiger partial charge in [-0.1, -0.05) is 30.3 Å². The number of aryl methyl sites for hydroxylation is 1. The molecule has 0 fully saturated rings. The maximum atomic E-state index is 9.72. The number of benzene rings is 2. The molecular weight excluding hydrogens is 250 g/mol. The molecule has 102 valence electrons. The minimum absolute atomic E-state index is 0.173. The van der Waals surface area contributed by atoms with Gasteiger partial charge < -0.3 is 14.4 Å². The maximum Gasteiger partial charge on any atom is 0.161 e. The van der Waals surface area contributed by atoms with Crippen molar-refractivity contribution in [3.05, 3.63) is 60.3 Å². The zero-order valence-electron chi connectivity index (χ0n) is 11.4. The molecule has 0 saturated carbocycles. The lowest BCUT2D eigenvalue weighted by Gasteiger charge is -2.06. The minimum Gasteiger partial charge on any atom is -0.504 e. The standard InChI is InChI=1S/C17H17NO2/c1-2-18-11-13(14-7-3-4-8-15(14)18)12-20-17-10-6-5-9-16(17)19/h3-11,19H,2,12H2,1H3. The first-order chi connectivity index (χ1) is 9.79. The van der Waals surface area contributed by atoms with E-state index in [0.29, 0.717) is 12.4 Å². The molecular formula is C17H17NO2. The maximum absolute atomic E-state index is 9.72. The molecule has 3 nitrogen and oxygen atoms in total. The van der Waals surface area contributed by atoms with Crippen molar-refractivity contribution in [2.75, 3.05) is 0 Å². The Hall–Kier alpha value is -2.42. The molecule has 0 radical (unpaired) electrons. The fourth-order valence-corrected chi connectivity index (χ4v) is 2.43. The molecule has 0 spiro atoms. The van der Waals surface area contributed by atoms with E-state index in [4.69, 9.17) is 4.74 Å². The monoisotopic (exact) mass is 267 g/mol. The first-order valence-electron chi connectivity index (χ1n) is 6.77. The number of rotatable bonds is 4. The van der Waals surface area contributed by atoms with Crippen molar-refractivity contribution in [3.63, 3.8) is 0 Å². The van der Waals surface area contributed by atoms with Crippen LogP contribution >= 0.6 is 0 Å². The van der Waals surface area contributed by atoms with Gasteiger partial charge in [-0.15, -0.1) is 0 Å². The predicted octanol–water partition coefficient (Wildman–Crippen LogP) is 3.95. The number of nitrogens with zero attached hydrogens (tertiary/aromatic N) is 1. The van der Waals surface area contributed by atoms with Gasteiger partial charge in [0.15, 0.2) is 11.5 Å². The number of para-hydroxylation sites is 3. The Morgan fingerprint density at radius 1 is 1.05 bits per heavy atom. The molecule has 0 aliphatic heterocycles. The Kier molecular flexibility index (Phi) is 3.33. The summed E-state index contributed by atoms with van der Waals surface area (Å²) < 4.78 is 7.93. The molecule has 20 heavy (non-hydrogen) atoms. The van der Waals surface area contributed by atoms with Gasteiger partial charge >= 0.3 is 0 Å². The number of aromatic hydroxyl groups is 1. The van der Waals surface area contributed by atoms with E-state index in [9.17, 15) is 5.11 Å². The SMILES string of the molecule is CCn1cc(COc2ccccc2O)c2ccccc21. The van der Waals surface area contributed by atoms with Crippen LogP contribution in [0.2, 0.25) is 0 Å². The third kappa shape index (κ3) is 2.23. The number of hydrogen-bond acceptors (Lipinski definition) is 2. The molecule has 2 aromatic carbocycles. The lowest BCUT2D eigenvalue weighted by atomic mass is 10.2. The largest absolute Gasteiger partial charge is 0.504 e. The molecule has 0 bridgehead atoms. The summed E-state index contributed by atoms with van der Waals surface area (Å²) in [5.74, 6) is 0.688. The van der Waals surface area contributed by atoms with Gasteiger partial charge in [-0.25, -0.2) is 0 Å². The van der Waals surface area contributed by atoms with E-state index < -0.39 is 0 Å². The first-order valence-corrected chi connectivity index (χ1v) is 6.77. The second-order valence-corrected chi connectivity index (χ2v) is 4.71. The summed E-state index contributed by atoms with van der Waals surface area (Å²) in [7, 11) is 0. The molecule has 1 heterocycles. The van der Waals surface area contributed by atoms with Gasteiger partial charge in [-0.2, -0.15) is 0 Å². The van der Waals surface area contributed by atoms with Gasteiger partial charge in [0.05, 0.1) is 0 Å². The highest BCUT2D eigenvalue weighted by Gasteiger charge is 2.08. The summed E-state index contributed by atoms with van der Waals surface area (Å²) in [6.45, 7) is 3.50. The number of ether oxygens (including phenoxy) is 1. The van der Waals surface area contributed by atoms with Crippen LogP contribution < -0.4 is 4.74 Å². The summed E-state index contributed by atoms with van der Waals surface area (Å²) in [5.41, 5.74) is 2.34. The van der Waals surface area contributed by atoms with Crippen LogP contribution in [-0.2, 0) is 13.2 Å². The molecule has 0 aliphatic carbocycles. The fraction of sp³-hybridized carbons (Fsp3) is 0.176. The Balaban J connectivity index is 1.90. The fourth-order valence-electron chi connectivity index (χ4n) is 2.43. The number of fused-ring (bicyclic) bond motifs is 1. The van der Waals surface area contributed by atoms with Crippen molar-refractivity contribution in [3.8, 4) is 11.5 Å². The average Bonchev–Trinajstić information content (AvgIpc) is 2.85. The Morgan fingerprint density at radius 2 is 1.80 bits per heavy atom. The molecule has 0 saturated heterocycles. The highest BCUT2D eigenvalue weighted by atomic mass is 16.5. The van der Waals surface area contributed by atoms with Crippen molar-refractivity contribution in [2.24, 2.45) is 0 Å². The normalized spacial score (nSPS) is 10.8. The highest BCUT2D eigenvalue weighted by molar-refractivity contribution is 5.83. The van der Waals surface area contributed by atoms with E-state index in [1.807, 2.05) is 18.2 Å². The number of phenols is 1. The van der Waals surface area contributed by atoms with E-state index in [1.165, 1.54) is 10.9 Å². The van der Waals surface area contributed by atoms with Crippen LogP contribution in [0.1, 0.15) is 12.5 Å². The topological polar surface area (TPSA) is 34.4 Å². The van der Waals surface area contributed by atoms with Crippen molar-refractivity contribution in [2.45, 2.75) is 20.1 Å². The number of phenolic OH excluding ortho intramolecular Hbond substituents is 1. The number of aromatic nitrogens is 1. The van der Waals surface area contributed by atoms with Crippen LogP contribution in [0.15, 0.2) is 54.7 Å². The first kappa shape index (κ1) is 12.6. The third-order valence-corrected chi connectivity index (χ3v) is 3.46. The number of hydrogen-bond donors (Lipinski definition) is 1. The van der Waals surface area contributed by atoms with Crippen molar-refractivity contribution in [1.82, 2.24) is 4.57 Å². The second kappa shape index (κ2) is 5.29. The van der Waals surface area contributed by atoms with Crippen LogP contribution in [0, 0.1) is 0 Å². The predicted molar refractivity (Wildman–Crippen MR) is 80.1 cm³/mol. The highest BCUT2D eigenvalue weighted by Crippen LogP contribution is 2.27. The van der Waals surface area contributed by atoms with Gasteiger partial charge in [0, 0.05) is 29.2 Å². The zero-order chi connectivity index (χ0) is 13.9. The molecule has 3 aromatic rings. The van der Waals surface area contributed by atoms with Gasteiger partial charge in [-0.05, 0) is 25.1 Å². The van der Waals surface area contributed by atoms with Gasteiger partial charge in [-0.3, -0.25) is 0 Å². The summed E-state index contributed by atoms with van der Waals surface area (Å²) in [5, 5.41) is 10.9. The Labute approximate surface area is 118 Å². The van der Waals surface area contributed by atoms with Crippen molar-refractivity contribution >= 4 is 10.9 Å². The van der Waals surface area contributed by atoms with Crippen LogP contribution in [-0.4, -0.2) is 9.67 Å². The van der Waals surface area contributed by atoms with E-state index in [0.717, 1.165) is 12.1 Å². The molecule has 0 amide bonds. The van der Waals surface area contributed by atoms with E-state index in [1.54, 1.807) is 18.2 Å². The smallest absolute Gasteiger partial charge is 0.161 e. The van der Waals surface area contributed by atoms with E-state index >= 15 is 0 Å². The molecule has 1 aromatic heterocycles. The molecule has 0 aliphatic rings. The summed E-state index contributed by atoms with van der Waals surface area (Å²) in [4.78, 5) is 0. The summed E-state index contributed by atoms with van der Waals surface area (Å²) in [6, 6.07) is 15.3. The summed E-state index contributed by atoms with van der Waals surface area (Å²) >= 11 is 0. The summed E-state index contributed by atoms with van der Waals surface area (Å²) in [6.07, 6.45) is 2.12. The molecule has 1 N–H and O–H groups in total. The molecule has 0 atom stereocenters. The zero-order valence-corrected chi connectivity index (χ0v) is 11.4. The van der Waals surface area contributed by atoms with Crippen LogP contribution in [0.5, 0.6) is 11.5 Å².